The summed E-state index contributed by atoms with van der Waals surface area (Å²) in [7, 11) is 0. The highest BCUT2D eigenvalue weighted by Crippen LogP contribution is 2.25. The molecule has 8 nitrogen and oxygen atoms in total. The monoisotopic (exact) mass is 456 g/mol. The molecule has 0 fully saturated rings. The fourth-order valence-corrected chi connectivity index (χ4v) is 2.98. The molecule has 2 aromatic heterocycles. The van der Waals surface area contributed by atoms with Crippen LogP contribution in [0.5, 0.6) is 0 Å². The molecule has 3 aromatic rings. The van der Waals surface area contributed by atoms with Crippen LogP contribution in [0.15, 0.2) is 40.8 Å². The van der Waals surface area contributed by atoms with Crippen LogP contribution in [0.4, 0.5) is 17.6 Å². The van der Waals surface area contributed by atoms with Crippen LogP contribution in [-0.2, 0) is 29.2 Å². The number of aromatic nitrogens is 3. The Morgan fingerprint density at radius 1 is 1.31 bits per heavy atom. The van der Waals surface area contributed by atoms with Gasteiger partial charge in [-0.3, -0.25) is 0 Å². The highest BCUT2D eigenvalue weighted by molar-refractivity contribution is 5.73. The zero-order valence-corrected chi connectivity index (χ0v) is 16.9. The summed E-state index contributed by atoms with van der Waals surface area (Å²) in [5.74, 6) is -1.23. The van der Waals surface area contributed by atoms with E-state index in [1.807, 2.05) is 29.8 Å². The van der Waals surface area contributed by atoms with Gasteiger partial charge in [0.25, 0.3) is 0 Å². The number of nitrogens with zero attached hydrogens (tertiary/aromatic N) is 3. The molecule has 3 heterocycles. The van der Waals surface area contributed by atoms with Crippen molar-refractivity contribution in [2.24, 2.45) is 0 Å². The molecule has 1 unspecified atom stereocenters. The summed E-state index contributed by atoms with van der Waals surface area (Å²) in [6.45, 7) is 4.30. The Morgan fingerprint density at radius 2 is 2.06 bits per heavy atom. The first-order valence-corrected chi connectivity index (χ1v) is 9.49. The lowest BCUT2D eigenvalue weighted by Crippen LogP contribution is -2.36. The molecular formula is C20H20F4N4O4. The summed E-state index contributed by atoms with van der Waals surface area (Å²) in [5, 5.41) is 18.9. The summed E-state index contributed by atoms with van der Waals surface area (Å²) in [4.78, 5) is 8.90. The van der Waals surface area contributed by atoms with E-state index >= 15 is 0 Å². The second-order valence-electron chi connectivity index (χ2n) is 6.96. The number of carbonyl (C=O) groups is 1. The van der Waals surface area contributed by atoms with Gasteiger partial charge >= 0.3 is 12.1 Å². The zero-order valence-electron chi connectivity index (χ0n) is 16.9. The van der Waals surface area contributed by atoms with Crippen molar-refractivity contribution in [3.63, 3.8) is 0 Å². The number of nitrogens with one attached hydrogen (secondary N) is 1. The Labute approximate surface area is 179 Å². The molecule has 172 valence electrons. The van der Waals surface area contributed by atoms with Gasteiger partial charge in [0.2, 0.25) is 0 Å². The molecule has 0 bridgehead atoms. The van der Waals surface area contributed by atoms with Crippen LogP contribution in [0.25, 0.3) is 11.3 Å². The molecule has 0 saturated carbocycles. The largest absolute Gasteiger partial charge is 0.490 e. The second kappa shape index (κ2) is 9.92. The molecule has 1 aromatic carbocycles. The van der Waals surface area contributed by atoms with Crippen molar-refractivity contribution >= 4 is 5.97 Å². The van der Waals surface area contributed by atoms with Crippen LogP contribution in [0, 0.1) is 12.7 Å². The first-order valence-electron chi connectivity index (χ1n) is 9.49. The predicted octanol–water partition coefficient (Wildman–Crippen LogP) is 3.31. The quantitative estimate of drug-likeness (QED) is 0.568. The van der Waals surface area contributed by atoms with E-state index in [-0.39, 0.29) is 11.9 Å². The number of hydrogen-bond acceptors (Lipinski definition) is 6. The number of alkyl halides is 3. The summed E-state index contributed by atoms with van der Waals surface area (Å²) >= 11 is 0. The van der Waals surface area contributed by atoms with Gasteiger partial charge in [-0.05, 0) is 31.2 Å². The molecule has 1 aliphatic heterocycles. The molecule has 1 aliphatic rings. The van der Waals surface area contributed by atoms with E-state index < -0.39 is 12.1 Å². The van der Waals surface area contributed by atoms with E-state index in [2.05, 4.69) is 15.6 Å². The summed E-state index contributed by atoms with van der Waals surface area (Å²) in [6, 6.07) is 10.3. The van der Waals surface area contributed by atoms with Gasteiger partial charge in [0.1, 0.15) is 23.0 Å². The standard InChI is InChI=1S/C18H19FN4O2.C2HF3O2/c1-12-5-6-15(25-12)8-20-9-16-10-23-17(11-24-16)18(21-22-23)13-3-2-4-14(19)7-13;3-2(4,5)1(6)7/h2-7,16,20H,8-11H2,1H3;(H,6,7). The van der Waals surface area contributed by atoms with Crippen molar-refractivity contribution in [1.29, 1.82) is 0 Å². The summed E-state index contributed by atoms with van der Waals surface area (Å²) in [5.41, 5.74) is 2.27. The summed E-state index contributed by atoms with van der Waals surface area (Å²) in [6.07, 6.45) is -5.08. The maximum absolute atomic E-state index is 13.4. The number of aliphatic carboxylic acids is 1. The number of ether oxygens (including phenoxy) is 1. The fourth-order valence-electron chi connectivity index (χ4n) is 2.98. The Hall–Kier alpha value is -3.25. The predicted molar refractivity (Wildman–Crippen MR) is 103 cm³/mol. The number of carboxylic acid groups (broad SMARTS) is 1. The molecule has 32 heavy (non-hydrogen) atoms. The number of rotatable bonds is 5. The Morgan fingerprint density at radius 3 is 2.69 bits per heavy atom. The highest BCUT2D eigenvalue weighted by atomic mass is 19.4. The van der Waals surface area contributed by atoms with Crippen molar-refractivity contribution in [2.75, 3.05) is 6.54 Å². The third kappa shape index (κ3) is 6.14. The third-order valence-electron chi connectivity index (χ3n) is 4.48. The van der Waals surface area contributed by atoms with Crippen LogP contribution in [0.3, 0.4) is 0 Å². The highest BCUT2D eigenvalue weighted by Gasteiger charge is 2.38. The lowest BCUT2D eigenvalue weighted by atomic mass is 10.1. The molecule has 0 spiro atoms. The zero-order chi connectivity index (χ0) is 23.3. The van der Waals surface area contributed by atoms with Gasteiger partial charge in [0.05, 0.1) is 31.5 Å². The lowest BCUT2D eigenvalue weighted by molar-refractivity contribution is -0.192. The number of furan rings is 1. The van der Waals surface area contributed by atoms with Crippen molar-refractivity contribution in [1.82, 2.24) is 20.3 Å². The van der Waals surface area contributed by atoms with Crippen LogP contribution in [0.1, 0.15) is 17.2 Å². The molecule has 12 heteroatoms. The minimum atomic E-state index is -5.08. The number of halogens is 4. The molecule has 1 atom stereocenters. The molecule has 0 saturated heterocycles. The minimum Gasteiger partial charge on any atom is -0.475 e. The summed E-state index contributed by atoms with van der Waals surface area (Å²) < 4.78 is 58.4. The average molecular weight is 456 g/mol. The normalized spacial score (nSPS) is 15.6. The number of benzene rings is 1. The number of fused-ring (bicyclic) bond motifs is 1. The SMILES string of the molecule is Cc1ccc(CNCC2Cn3nnc(-c4cccc(F)c4)c3CO2)o1.O=C(O)C(F)(F)F. The fraction of sp³-hybridized carbons (Fsp3) is 0.350. The Kier molecular flexibility index (Phi) is 7.26. The molecule has 0 amide bonds. The van der Waals surface area contributed by atoms with Crippen molar-refractivity contribution < 1.29 is 36.6 Å². The van der Waals surface area contributed by atoms with Crippen LogP contribution in [0.2, 0.25) is 0 Å². The minimum absolute atomic E-state index is 0.00520. The van der Waals surface area contributed by atoms with Gasteiger partial charge in [-0.15, -0.1) is 5.10 Å². The first-order chi connectivity index (χ1) is 15.1. The Balaban J connectivity index is 0.000000360. The molecular weight excluding hydrogens is 436 g/mol. The molecule has 2 N–H and O–H groups in total. The van der Waals surface area contributed by atoms with E-state index in [1.54, 1.807) is 6.07 Å². The maximum Gasteiger partial charge on any atom is 0.490 e. The molecule has 4 rings (SSSR count). The Bertz CT molecular complexity index is 1060. The van der Waals surface area contributed by atoms with Gasteiger partial charge < -0.3 is 19.6 Å². The van der Waals surface area contributed by atoms with Gasteiger partial charge in [-0.2, -0.15) is 13.2 Å². The van der Waals surface area contributed by atoms with E-state index in [0.717, 1.165) is 22.8 Å². The van der Waals surface area contributed by atoms with Crippen molar-refractivity contribution in [3.8, 4) is 11.3 Å². The van der Waals surface area contributed by atoms with Crippen LogP contribution < -0.4 is 5.32 Å². The van der Waals surface area contributed by atoms with Gasteiger partial charge in [-0.1, -0.05) is 17.3 Å². The van der Waals surface area contributed by atoms with Gasteiger partial charge in [0, 0.05) is 12.1 Å². The third-order valence-corrected chi connectivity index (χ3v) is 4.48. The number of carboxylic acids is 1. The van der Waals surface area contributed by atoms with Crippen LogP contribution >= 0.6 is 0 Å². The number of hydrogen-bond donors (Lipinski definition) is 2. The van der Waals surface area contributed by atoms with Crippen molar-refractivity contribution in [2.45, 2.75) is 38.9 Å². The van der Waals surface area contributed by atoms with E-state index in [4.69, 9.17) is 19.1 Å². The van der Waals surface area contributed by atoms with E-state index in [1.165, 1.54) is 12.1 Å². The van der Waals surface area contributed by atoms with Gasteiger partial charge in [-0.25, -0.2) is 13.9 Å². The maximum atomic E-state index is 13.4. The number of aryl methyl sites for hydroxylation is 1. The van der Waals surface area contributed by atoms with E-state index in [9.17, 15) is 17.6 Å². The van der Waals surface area contributed by atoms with Gasteiger partial charge in [0.15, 0.2) is 0 Å². The average Bonchev–Trinajstić information content (AvgIpc) is 3.33. The first kappa shape index (κ1) is 23.4. The smallest absolute Gasteiger partial charge is 0.475 e. The van der Waals surface area contributed by atoms with Crippen molar-refractivity contribution in [3.05, 3.63) is 59.4 Å². The lowest BCUT2D eigenvalue weighted by Gasteiger charge is -2.24. The molecule has 0 aliphatic carbocycles. The topological polar surface area (TPSA) is 102 Å². The molecule has 0 radical (unpaired) electrons. The second-order valence-corrected chi connectivity index (χ2v) is 6.96. The van der Waals surface area contributed by atoms with Crippen LogP contribution in [-0.4, -0.2) is 44.9 Å². The van der Waals surface area contributed by atoms with E-state index in [0.29, 0.717) is 31.9 Å².